The second-order valence-corrected chi connectivity index (χ2v) is 8.72. The van der Waals surface area contributed by atoms with Crippen LogP contribution in [0.4, 0.5) is 0 Å². The largest absolute Gasteiger partial charge is 0.479 e. The van der Waals surface area contributed by atoms with Crippen molar-refractivity contribution in [2.45, 2.75) is 66.1 Å². The van der Waals surface area contributed by atoms with E-state index in [1.54, 1.807) is 13.0 Å². The second-order valence-electron chi connectivity index (χ2n) is 8.72. The lowest BCUT2D eigenvalue weighted by Crippen LogP contribution is -2.45. The van der Waals surface area contributed by atoms with Gasteiger partial charge in [0.25, 0.3) is 0 Å². The molecule has 0 rings (SSSR count). The molecule has 0 radical (unpaired) electrons. The van der Waals surface area contributed by atoms with Crippen LogP contribution in [0, 0.1) is 11.3 Å². The number of aliphatic carboxylic acids is 1. The number of allylic oxidation sites excluding steroid dienone is 1. The molecule has 2 amide bonds. The summed E-state index contributed by atoms with van der Waals surface area (Å²) in [5.74, 6) is -3.43. The van der Waals surface area contributed by atoms with Gasteiger partial charge in [0.15, 0.2) is 6.10 Å². The van der Waals surface area contributed by atoms with Crippen LogP contribution in [0.3, 0.4) is 0 Å². The summed E-state index contributed by atoms with van der Waals surface area (Å²) in [5, 5.41) is 14.1. The zero-order chi connectivity index (χ0) is 25.6. The highest BCUT2D eigenvalue weighted by Crippen LogP contribution is 2.19. The van der Waals surface area contributed by atoms with Gasteiger partial charge in [0, 0.05) is 6.54 Å². The zero-order valence-electron chi connectivity index (χ0n) is 20.0. The average Bonchev–Trinajstić information content (AvgIpc) is 2.72. The van der Waals surface area contributed by atoms with Gasteiger partial charge in [-0.2, -0.15) is 0 Å². The SMILES string of the molecule is CC(C)CC(OC(=O)C(C)(C)CNC(=O)CNC(=O)/C=C/CCC(C)OC(=O)CN)C(=O)O. The van der Waals surface area contributed by atoms with Gasteiger partial charge in [0.2, 0.25) is 11.8 Å². The molecule has 0 saturated carbocycles. The quantitative estimate of drug-likeness (QED) is 0.196. The molecule has 11 nitrogen and oxygen atoms in total. The summed E-state index contributed by atoms with van der Waals surface area (Å²) in [4.78, 5) is 58.5. The lowest BCUT2D eigenvalue weighted by molar-refractivity contribution is -0.171. The molecule has 0 saturated heterocycles. The van der Waals surface area contributed by atoms with E-state index >= 15 is 0 Å². The van der Waals surface area contributed by atoms with Crippen LogP contribution >= 0.6 is 0 Å². The molecule has 0 aliphatic carbocycles. The first-order valence-electron chi connectivity index (χ1n) is 10.8. The van der Waals surface area contributed by atoms with Gasteiger partial charge in [-0.3, -0.25) is 19.2 Å². The Bertz CT molecular complexity index is 718. The van der Waals surface area contributed by atoms with E-state index in [0.29, 0.717) is 12.8 Å². The number of nitrogens with one attached hydrogen (secondary N) is 2. The third-order valence-corrected chi connectivity index (χ3v) is 4.42. The Morgan fingerprint density at radius 3 is 2.24 bits per heavy atom. The smallest absolute Gasteiger partial charge is 0.345 e. The summed E-state index contributed by atoms with van der Waals surface area (Å²) in [6, 6.07) is 0. The normalized spacial score (nSPS) is 13.3. The lowest BCUT2D eigenvalue weighted by atomic mass is 9.93. The highest BCUT2D eigenvalue weighted by atomic mass is 16.6. The van der Waals surface area contributed by atoms with Crippen molar-refractivity contribution in [1.29, 1.82) is 0 Å². The summed E-state index contributed by atoms with van der Waals surface area (Å²) in [6.45, 7) is 7.82. The number of nitrogens with two attached hydrogens (primary N) is 1. The van der Waals surface area contributed by atoms with Crippen molar-refractivity contribution in [3.8, 4) is 0 Å². The third-order valence-electron chi connectivity index (χ3n) is 4.42. The van der Waals surface area contributed by atoms with E-state index in [0.717, 1.165) is 0 Å². The zero-order valence-corrected chi connectivity index (χ0v) is 20.0. The van der Waals surface area contributed by atoms with E-state index in [4.69, 9.17) is 15.2 Å². The fraction of sp³-hybridized carbons (Fsp3) is 0.682. The van der Waals surface area contributed by atoms with Crippen LogP contribution in [-0.2, 0) is 33.4 Å². The van der Waals surface area contributed by atoms with Gasteiger partial charge in [-0.1, -0.05) is 19.9 Å². The third kappa shape index (κ3) is 13.9. The van der Waals surface area contributed by atoms with Crippen molar-refractivity contribution < 1.29 is 38.6 Å². The molecule has 0 aliphatic heterocycles. The molecule has 33 heavy (non-hydrogen) atoms. The van der Waals surface area contributed by atoms with E-state index in [-0.39, 0.29) is 38.1 Å². The van der Waals surface area contributed by atoms with E-state index in [9.17, 15) is 29.1 Å². The summed E-state index contributed by atoms with van der Waals surface area (Å²) in [5.41, 5.74) is 4.00. The summed E-state index contributed by atoms with van der Waals surface area (Å²) in [6.07, 6.45) is 2.47. The second kappa shape index (κ2) is 15.0. The highest BCUT2D eigenvalue weighted by molar-refractivity contribution is 5.91. The minimum absolute atomic E-state index is 0.0245. The number of esters is 2. The molecule has 0 aromatic heterocycles. The van der Waals surface area contributed by atoms with Crippen LogP contribution < -0.4 is 16.4 Å². The first-order chi connectivity index (χ1) is 15.3. The van der Waals surface area contributed by atoms with Gasteiger partial charge in [-0.25, -0.2) is 4.79 Å². The van der Waals surface area contributed by atoms with Crippen LogP contribution in [0.2, 0.25) is 0 Å². The molecular formula is C22H37N3O8. The van der Waals surface area contributed by atoms with Crippen molar-refractivity contribution in [3.05, 3.63) is 12.2 Å². The maximum Gasteiger partial charge on any atom is 0.345 e. The van der Waals surface area contributed by atoms with E-state index in [2.05, 4.69) is 10.6 Å². The predicted molar refractivity (Wildman–Crippen MR) is 120 cm³/mol. The number of amides is 2. The van der Waals surface area contributed by atoms with E-state index < -0.39 is 41.2 Å². The van der Waals surface area contributed by atoms with Gasteiger partial charge >= 0.3 is 17.9 Å². The lowest BCUT2D eigenvalue weighted by Gasteiger charge is -2.25. The summed E-state index contributed by atoms with van der Waals surface area (Å²) < 4.78 is 10.1. The molecule has 0 spiro atoms. The molecule has 0 aromatic rings. The number of ether oxygens (including phenoxy) is 2. The molecule has 5 N–H and O–H groups in total. The summed E-state index contributed by atoms with van der Waals surface area (Å²) >= 11 is 0. The standard InChI is InChI=1S/C22H37N3O8/c1-14(2)10-16(20(29)30)33-21(31)22(4,5)13-25-18(27)12-24-17(26)9-7-6-8-15(3)32-19(28)11-23/h7,9,14-16H,6,8,10-13,23H2,1-5H3,(H,24,26)(H,25,27)(H,29,30)/b9-7+. The minimum atomic E-state index is -1.26. The fourth-order valence-electron chi connectivity index (χ4n) is 2.45. The number of carbonyl (C=O) groups is 5. The molecule has 11 heteroatoms. The Balaban J connectivity index is 4.37. The van der Waals surface area contributed by atoms with Crippen molar-refractivity contribution in [3.63, 3.8) is 0 Å². The van der Waals surface area contributed by atoms with Gasteiger partial charge in [-0.05, 0) is 52.0 Å². The number of hydrogen-bond donors (Lipinski definition) is 4. The van der Waals surface area contributed by atoms with Gasteiger partial charge in [0.1, 0.15) is 0 Å². The van der Waals surface area contributed by atoms with Crippen molar-refractivity contribution in [1.82, 2.24) is 10.6 Å². The Morgan fingerprint density at radius 1 is 1.06 bits per heavy atom. The molecule has 0 heterocycles. The maximum atomic E-state index is 12.4. The maximum absolute atomic E-state index is 12.4. The van der Waals surface area contributed by atoms with Crippen LogP contribution in [0.15, 0.2) is 12.2 Å². The van der Waals surface area contributed by atoms with Crippen molar-refractivity contribution in [2.24, 2.45) is 17.1 Å². The monoisotopic (exact) mass is 471 g/mol. The number of hydrogen-bond acceptors (Lipinski definition) is 8. The fourth-order valence-corrected chi connectivity index (χ4v) is 2.45. The van der Waals surface area contributed by atoms with E-state index in [1.807, 2.05) is 13.8 Å². The van der Waals surface area contributed by atoms with E-state index in [1.165, 1.54) is 19.9 Å². The molecule has 0 bridgehead atoms. The van der Waals surface area contributed by atoms with Crippen molar-refractivity contribution in [2.75, 3.05) is 19.6 Å². The van der Waals surface area contributed by atoms with Crippen molar-refractivity contribution >= 4 is 29.7 Å². The first-order valence-corrected chi connectivity index (χ1v) is 10.8. The molecular weight excluding hydrogens is 434 g/mol. The Morgan fingerprint density at radius 2 is 1.70 bits per heavy atom. The van der Waals surface area contributed by atoms with Gasteiger partial charge in [0.05, 0.1) is 24.6 Å². The molecule has 0 aromatic carbocycles. The number of rotatable bonds is 15. The van der Waals surface area contributed by atoms with Crippen LogP contribution in [-0.4, -0.2) is 66.7 Å². The number of carboxylic acids is 1. The summed E-state index contributed by atoms with van der Waals surface area (Å²) in [7, 11) is 0. The Kier molecular flexibility index (Phi) is 13.6. The topological polar surface area (TPSA) is 174 Å². The Hall–Kier alpha value is -2.95. The van der Waals surface area contributed by atoms with Gasteiger partial charge in [-0.15, -0.1) is 0 Å². The Labute approximate surface area is 194 Å². The van der Waals surface area contributed by atoms with Gasteiger partial charge < -0.3 is 30.9 Å². The number of carboxylic acid groups (broad SMARTS) is 1. The molecule has 0 aliphatic rings. The van der Waals surface area contributed by atoms with Crippen LogP contribution in [0.1, 0.15) is 53.9 Å². The molecule has 2 unspecified atom stereocenters. The highest BCUT2D eigenvalue weighted by Gasteiger charge is 2.34. The van der Waals surface area contributed by atoms with Crippen LogP contribution in [0.25, 0.3) is 0 Å². The number of carbonyl (C=O) groups excluding carboxylic acids is 4. The molecule has 0 fully saturated rings. The first kappa shape index (κ1) is 30.0. The molecule has 2 atom stereocenters. The average molecular weight is 472 g/mol. The van der Waals surface area contributed by atoms with Crippen LogP contribution in [0.5, 0.6) is 0 Å². The molecule has 188 valence electrons. The predicted octanol–water partition coefficient (Wildman–Crippen LogP) is 0.514. The minimum Gasteiger partial charge on any atom is -0.479 e.